The molecular formula is C11H20F3N. The van der Waals surface area contributed by atoms with Gasteiger partial charge in [-0.15, -0.1) is 0 Å². The van der Waals surface area contributed by atoms with E-state index < -0.39 is 12.6 Å². The predicted octanol–water partition coefficient (Wildman–Crippen LogP) is 3.48. The van der Waals surface area contributed by atoms with E-state index in [0.29, 0.717) is 11.8 Å². The minimum absolute atomic E-state index is 0.0842. The van der Waals surface area contributed by atoms with Crippen molar-refractivity contribution in [3.8, 4) is 0 Å². The molecule has 3 unspecified atom stereocenters. The molecule has 1 rings (SSSR count). The number of hydrogen-bond donors (Lipinski definition) is 1. The molecule has 2 N–H and O–H groups in total. The number of rotatable bonds is 3. The monoisotopic (exact) mass is 223 g/mol. The van der Waals surface area contributed by atoms with Gasteiger partial charge in [-0.05, 0) is 31.1 Å². The van der Waals surface area contributed by atoms with E-state index in [-0.39, 0.29) is 12.5 Å². The Morgan fingerprint density at radius 3 is 2.53 bits per heavy atom. The van der Waals surface area contributed by atoms with E-state index in [1.807, 2.05) is 0 Å². The Hall–Kier alpha value is -0.250. The Bertz CT molecular complexity index is 191. The lowest BCUT2D eigenvalue weighted by molar-refractivity contribution is -0.137. The number of nitrogens with two attached hydrogens (primary N) is 1. The molecule has 90 valence electrons. The van der Waals surface area contributed by atoms with Crippen LogP contribution in [0.1, 0.15) is 45.4 Å². The first kappa shape index (κ1) is 12.8. The molecule has 0 saturated heterocycles. The maximum absolute atomic E-state index is 12.0. The van der Waals surface area contributed by atoms with Gasteiger partial charge in [0.2, 0.25) is 0 Å². The first-order valence-electron chi connectivity index (χ1n) is 5.71. The minimum Gasteiger partial charge on any atom is -0.327 e. The number of hydrogen-bond acceptors (Lipinski definition) is 1. The van der Waals surface area contributed by atoms with Crippen LogP contribution in [0, 0.1) is 11.8 Å². The molecule has 0 aromatic rings. The average molecular weight is 223 g/mol. The molecule has 0 radical (unpaired) electrons. The Balaban J connectivity index is 2.29. The van der Waals surface area contributed by atoms with Crippen molar-refractivity contribution in [2.45, 2.75) is 57.7 Å². The zero-order chi connectivity index (χ0) is 11.5. The second-order valence-electron chi connectivity index (χ2n) is 4.85. The standard InChI is InChI=1S/C11H20F3N/c1-8-3-2-4-9(7-8)10(15)5-6-11(12,13)14/h8-10H,2-7,15H2,1H3. The molecule has 1 nitrogen and oxygen atoms in total. The van der Waals surface area contributed by atoms with Gasteiger partial charge < -0.3 is 5.73 Å². The first-order valence-corrected chi connectivity index (χ1v) is 5.71. The summed E-state index contributed by atoms with van der Waals surface area (Å²) in [6.07, 6.45) is -0.395. The highest BCUT2D eigenvalue weighted by atomic mass is 19.4. The van der Waals surface area contributed by atoms with Crippen molar-refractivity contribution in [2.75, 3.05) is 0 Å². The highest BCUT2D eigenvalue weighted by Crippen LogP contribution is 2.32. The third-order valence-electron chi connectivity index (χ3n) is 3.34. The summed E-state index contributed by atoms with van der Waals surface area (Å²) in [6.45, 7) is 2.16. The van der Waals surface area contributed by atoms with Gasteiger partial charge in [0.1, 0.15) is 0 Å². The van der Waals surface area contributed by atoms with Crippen molar-refractivity contribution < 1.29 is 13.2 Å². The van der Waals surface area contributed by atoms with Crippen LogP contribution in [-0.2, 0) is 0 Å². The van der Waals surface area contributed by atoms with Gasteiger partial charge in [-0.1, -0.05) is 19.8 Å². The van der Waals surface area contributed by atoms with Gasteiger partial charge in [-0.3, -0.25) is 0 Å². The maximum atomic E-state index is 12.0. The van der Waals surface area contributed by atoms with Gasteiger partial charge in [0.25, 0.3) is 0 Å². The van der Waals surface area contributed by atoms with Crippen LogP contribution in [0.25, 0.3) is 0 Å². The summed E-state index contributed by atoms with van der Waals surface area (Å²) in [5, 5.41) is 0. The van der Waals surface area contributed by atoms with E-state index in [0.717, 1.165) is 19.3 Å². The molecule has 4 heteroatoms. The number of halogens is 3. The second kappa shape index (κ2) is 5.19. The Labute approximate surface area is 89.2 Å². The van der Waals surface area contributed by atoms with E-state index in [4.69, 9.17) is 5.73 Å². The van der Waals surface area contributed by atoms with E-state index in [2.05, 4.69) is 6.92 Å². The first-order chi connectivity index (χ1) is 6.88. The van der Waals surface area contributed by atoms with Crippen molar-refractivity contribution in [1.29, 1.82) is 0 Å². The molecule has 1 saturated carbocycles. The van der Waals surface area contributed by atoms with Crippen molar-refractivity contribution >= 4 is 0 Å². The molecule has 1 aliphatic rings. The maximum Gasteiger partial charge on any atom is 0.389 e. The molecule has 0 amide bonds. The lowest BCUT2D eigenvalue weighted by Gasteiger charge is -2.31. The molecule has 0 heterocycles. The SMILES string of the molecule is CC1CCCC(C(N)CCC(F)(F)F)C1. The van der Waals surface area contributed by atoms with Crippen LogP contribution >= 0.6 is 0 Å². The van der Waals surface area contributed by atoms with Gasteiger partial charge in [0, 0.05) is 12.5 Å². The Kier molecular flexibility index (Phi) is 4.44. The molecule has 1 aliphatic carbocycles. The fourth-order valence-electron chi connectivity index (χ4n) is 2.44. The zero-order valence-corrected chi connectivity index (χ0v) is 9.19. The fraction of sp³-hybridized carbons (Fsp3) is 1.00. The Morgan fingerprint density at radius 2 is 2.00 bits per heavy atom. The van der Waals surface area contributed by atoms with Gasteiger partial charge >= 0.3 is 6.18 Å². The largest absolute Gasteiger partial charge is 0.389 e. The van der Waals surface area contributed by atoms with Crippen LogP contribution < -0.4 is 5.73 Å². The molecule has 0 spiro atoms. The van der Waals surface area contributed by atoms with Crippen LogP contribution in [0.3, 0.4) is 0 Å². The molecular weight excluding hydrogens is 203 g/mol. The van der Waals surface area contributed by atoms with Crippen molar-refractivity contribution in [3.05, 3.63) is 0 Å². The zero-order valence-electron chi connectivity index (χ0n) is 9.19. The minimum atomic E-state index is -4.06. The fourth-order valence-corrected chi connectivity index (χ4v) is 2.44. The topological polar surface area (TPSA) is 26.0 Å². The lowest BCUT2D eigenvalue weighted by Crippen LogP contribution is -2.34. The summed E-state index contributed by atoms with van der Waals surface area (Å²) < 4.78 is 36.0. The third-order valence-corrected chi connectivity index (χ3v) is 3.34. The van der Waals surface area contributed by atoms with Gasteiger partial charge in [0.15, 0.2) is 0 Å². The summed E-state index contributed by atoms with van der Waals surface area (Å²) in [4.78, 5) is 0. The van der Waals surface area contributed by atoms with E-state index >= 15 is 0 Å². The third kappa shape index (κ3) is 4.87. The number of alkyl halides is 3. The molecule has 0 aromatic heterocycles. The molecule has 3 atom stereocenters. The van der Waals surface area contributed by atoms with Crippen LogP contribution in [-0.4, -0.2) is 12.2 Å². The molecule has 15 heavy (non-hydrogen) atoms. The van der Waals surface area contributed by atoms with Crippen LogP contribution in [0.5, 0.6) is 0 Å². The Morgan fingerprint density at radius 1 is 1.33 bits per heavy atom. The summed E-state index contributed by atoms with van der Waals surface area (Å²) in [5.74, 6) is 0.928. The lowest BCUT2D eigenvalue weighted by atomic mass is 9.78. The van der Waals surface area contributed by atoms with Gasteiger partial charge in [-0.25, -0.2) is 0 Å². The van der Waals surface area contributed by atoms with Crippen molar-refractivity contribution in [3.63, 3.8) is 0 Å². The van der Waals surface area contributed by atoms with Crippen LogP contribution in [0.15, 0.2) is 0 Å². The van der Waals surface area contributed by atoms with E-state index in [9.17, 15) is 13.2 Å². The molecule has 0 aromatic carbocycles. The predicted molar refractivity (Wildman–Crippen MR) is 54.4 cm³/mol. The van der Waals surface area contributed by atoms with E-state index in [1.54, 1.807) is 0 Å². The summed E-state index contributed by atoms with van der Waals surface area (Å²) >= 11 is 0. The van der Waals surface area contributed by atoms with Crippen molar-refractivity contribution in [2.24, 2.45) is 17.6 Å². The summed E-state index contributed by atoms with van der Waals surface area (Å²) in [7, 11) is 0. The second-order valence-corrected chi connectivity index (χ2v) is 4.85. The van der Waals surface area contributed by atoms with Crippen LogP contribution in [0.2, 0.25) is 0 Å². The summed E-state index contributed by atoms with van der Waals surface area (Å²) in [6, 6.07) is -0.269. The van der Waals surface area contributed by atoms with Crippen LogP contribution in [0.4, 0.5) is 13.2 Å². The summed E-state index contributed by atoms with van der Waals surface area (Å²) in [5.41, 5.74) is 5.82. The smallest absolute Gasteiger partial charge is 0.327 e. The van der Waals surface area contributed by atoms with Gasteiger partial charge in [-0.2, -0.15) is 13.2 Å². The highest BCUT2D eigenvalue weighted by Gasteiger charge is 2.30. The normalized spacial score (nSPS) is 30.2. The molecule has 0 bridgehead atoms. The van der Waals surface area contributed by atoms with Crippen molar-refractivity contribution in [1.82, 2.24) is 0 Å². The van der Waals surface area contributed by atoms with Gasteiger partial charge in [0.05, 0.1) is 0 Å². The highest BCUT2D eigenvalue weighted by molar-refractivity contribution is 4.79. The quantitative estimate of drug-likeness (QED) is 0.778. The average Bonchev–Trinajstić information content (AvgIpc) is 2.13. The van der Waals surface area contributed by atoms with E-state index in [1.165, 1.54) is 6.42 Å². The molecule has 0 aliphatic heterocycles. The molecule has 1 fully saturated rings.